The number of fused-ring (bicyclic) bond motifs is 1. The molecule has 2 nitrogen and oxygen atoms in total. The molecule has 0 bridgehead atoms. The minimum Gasteiger partial charge on any atom is -0.477 e. The van der Waals surface area contributed by atoms with Gasteiger partial charge in [-0.2, -0.15) is 0 Å². The number of thiol groups is 1. The summed E-state index contributed by atoms with van der Waals surface area (Å²) in [6, 6.07) is 5.82. The monoisotopic (exact) mass is 336 g/mol. The lowest BCUT2D eigenvalue weighted by Gasteiger charge is -1.91. The predicted octanol–water partition coefficient (Wildman–Crippen LogP) is 3.49. The summed E-state index contributed by atoms with van der Waals surface area (Å²) in [5, 5.41) is 9.81. The lowest BCUT2D eigenvalue weighted by atomic mass is 10.2. The number of carboxylic acids is 1. The van der Waals surface area contributed by atoms with Crippen LogP contribution in [0.2, 0.25) is 0 Å². The zero-order valence-corrected chi connectivity index (χ0v) is 10.7. The number of carbonyl (C=O) groups is 1. The fourth-order valence-corrected chi connectivity index (χ4v) is 3.39. The van der Waals surface area contributed by atoms with Crippen molar-refractivity contribution in [1.29, 1.82) is 0 Å². The van der Waals surface area contributed by atoms with Crippen molar-refractivity contribution in [3.05, 3.63) is 26.6 Å². The first-order valence-electron chi connectivity index (χ1n) is 3.74. The molecule has 0 saturated carbocycles. The zero-order chi connectivity index (χ0) is 10.3. The first kappa shape index (κ1) is 10.3. The molecule has 5 heteroatoms. The molecule has 0 amide bonds. The molecule has 0 saturated heterocycles. The van der Waals surface area contributed by atoms with Gasteiger partial charge in [0.2, 0.25) is 0 Å². The van der Waals surface area contributed by atoms with Crippen LogP contribution in [0.3, 0.4) is 0 Å². The van der Waals surface area contributed by atoms with E-state index in [0.717, 1.165) is 13.7 Å². The van der Waals surface area contributed by atoms with Crippen molar-refractivity contribution in [1.82, 2.24) is 0 Å². The van der Waals surface area contributed by atoms with Crippen LogP contribution < -0.4 is 0 Å². The Morgan fingerprint density at radius 1 is 1.50 bits per heavy atom. The molecule has 0 aliphatic heterocycles. The van der Waals surface area contributed by atoms with Gasteiger partial charge in [-0.15, -0.1) is 24.0 Å². The molecule has 14 heavy (non-hydrogen) atoms. The summed E-state index contributed by atoms with van der Waals surface area (Å²) < 4.78 is 2.07. The van der Waals surface area contributed by atoms with Crippen molar-refractivity contribution in [3.8, 4) is 0 Å². The third-order valence-electron chi connectivity index (χ3n) is 1.82. The van der Waals surface area contributed by atoms with Gasteiger partial charge in [0.05, 0.1) is 0 Å². The molecule has 1 N–H and O–H groups in total. The average Bonchev–Trinajstić information content (AvgIpc) is 2.43. The van der Waals surface area contributed by atoms with Crippen LogP contribution in [0, 0.1) is 3.57 Å². The molecule has 0 aliphatic carbocycles. The van der Waals surface area contributed by atoms with Crippen LogP contribution in [0.1, 0.15) is 9.67 Å². The molecule has 0 spiro atoms. The van der Waals surface area contributed by atoms with E-state index in [0.29, 0.717) is 9.77 Å². The minimum atomic E-state index is -0.911. The van der Waals surface area contributed by atoms with Gasteiger partial charge in [0.15, 0.2) is 0 Å². The second-order valence-corrected chi connectivity index (χ2v) is 5.47. The van der Waals surface area contributed by atoms with Gasteiger partial charge < -0.3 is 5.11 Å². The zero-order valence-electron chi connectivity index (χ0n) is 6.82. The van der Waals surface area contributed by atoms with Gasteiger partial charge in [-0.25, -0.2) is 4.79 Å². The van der Waals surface area contributed by atoms with E-state index in [1.54, 1.807) is 0 Å². The second kappa shape index (κ2) is 3.71. The highest BCUT2D eigenvalue weighted by molar-refractivity contribution is 14.1. The Labute approximate surface area is 103 Å². The van der Waals surface area contributed by atoms with E-state index in [1.807, 2.05) is 18.2 Å². The summed E-state index contributed by atoms with van der Waals surface area (Å²) >= 11 is 7.68. The Hall–Kier alpha value is -0.270. The largest absolute Gasteiger partial charge is 0.477 e. The van der Waals surface area contributed by atoms with Crippen LogP contribution >= 0.6 is 46.6 Å². The number of carboxylic acid groups (broad SMARTS) is 1. The standard InChI is InChI=1S/C9H5IO2S2/c10-4-1-2-5-6(3-4)14-8(7(5)13)9(11)12/h1-3,13H,(H,11,12). The van der Waals surface area contributed by atoms with Crippen LogP contribution in [0.4, 0.5) is 0 Å². The normalized spacial score (nSPS) is 10.7. The van der Waals surface area contributed by atoms with Crippen LogP contribution in [-0.4, -0.2) is 11.1 Å². The number of aromatic carboxylic acids is 1. The van der Waals surface area contributed by atoms with Gasteiger partial charge in [-0.3, -0.25) is 0 Å². The van der Waals surface area contributed by atoms with Crippen LogP contribution in [0.15, 0.2) is 23.1 Å². The Balaban J connectivity index is 2.79. The van der Waals surface area contributed by atoms with Gasteiger partial charge in [0.1, 0.15) is 4.88 Å². The van der Waals surface area contributed by atoms with Crippen LogP contribution in [-0.2, 0) is 0 Å². The van der Waals surface area contributed by atoms with Gasteiger partial charge in [0, 0.05) is 18.6 Å². The van der Waals surface area contributed by atoms with E-state index < -0.39 is 5.97 Å². The van der Waals surface area contributed by atoms with E-state index >= 15 is 0 Å². The number of thiophene rings is 1. The van der Waals surface area contributed by atoms with Crippen molar-refractivity contribution in [2.45, 2.75) is 4.90 Å². The summed E-state index contributed by atoms with van der Waals surface area (Å²) in [5.74, 6) is -0.911. The molecule has 0 atom stereocenters. The Bertz CT molecular complexity index is 519. The summed E-state index contributed by atoms with van der Waals surface area (Å²) in [7, 11) is 0. The maximum absolute atomic E-state index is 10.8. The molecule has 0 aliphatic rings. The number of rotatable bonds is 1. The fraction of sp³-hybridized carbons (Fsp3) is 0. The summed E-state index contributed by atoms with van der Waals surface area (Å²) in [4.78, 5) is 11.7. The van der Waals surface area contributed by atoms with Crippen molar-refractivity contribution >= 4 is 62.6 Å². The molecule has 0 radical (unpaired) electrons. The Morgan fingerprint density at radius 2 is 2.21 bits per heavy atom. The van der Waals surface area contributed by atoms with Gasteiger partial charge in [-0.1, -0.05) is 6.07 Å². The smallest absolute Gasteiger partial charge is 0.347 e. The Kier molecular flexibility index (Phi) is 2.72. The minimum absolute atomic E-state index is 0.310. The van der Waals surface area contributed by atoms with E-state index in [9.17, 15) is 4.79 Å². The highest BCUT2D eigenvalue weighted by Gasteiger charge is 2.14. The van der Waals surface area contributed by atoms with E-state index in [2.05, 4.69) is 35.2 Å². The van der Waals surface area contributed by atoms with E-state index in [4.69, 9.17) is 5.11 Å². The predicted molar refractivity (Wildman–Crippen MR) is 68.8 cm³/mol. The molecular weight excluding hydrogens is 331 g/mol. The van der Waals surface area contributed by atoms with Crippen molar-refractivity contribution in [2.24, 2.45) is 0 Å². The summed E-state index contributed by atoms with van der Waals surface area (Å²) in [6.45, 7) is 0. The second-order valence-electron chi connectivity index (χ2n) is 2.73. The molecule has 0 fully saturated rings. The van der Waals surface area contributed by atoms with E-state index in [-0.39, 0.29) is 0 Å². The molecular formula is C9H5IO2S2. The maximum Gasteiger partial charge on any atom is 0.347 e. The molecule has 0 unspecified atom stereocenters. The van der Waals surface area contributed by atoms with Gasteiger partial charge in [-0.05, 0) is 34.7 Å². The van der Waals surface area contributed by atoms with Crippen LogP contribution in [0.25, 0.3) is 10.1 Å². The van der Waals surface area contributed by atoms with Crippen LogP contribution in [0.5, 0.6) is 0 Å². The third kappa shape index (κ3) is 1.64. The van der Waals surface area contributed by atoms with Crippen molar-refractivity contribution in [3.63, 3.8) is 0 Å². The molecule has 72 valence electrons. The quantitative estimate of drug-likeness (QED) is 0.618. The molecule has 2 aromatic rings. The molecule has 2 rings (SSSR count). The highest BCUT2D eigenvalue weighted by Crippen LogP contribution is 2.34. The summed E-state index contributed by atoms with van der Waals surface area (Å²) in [5.41, 5.74) is 0. The Morgan fingerprint density at radius 3 is 2.86 bits per heavy atom. The molecule has 1 aromatic carbocycles. The number of benzene rings is 1. The third-order valence-corrected chi connectivity index (χ3v) is 4.25. The average molecular weight is 336 g/mol. The number of hydrogen-bond acceptors (Lipinski definition) is 3. The summed E-state index contributed by atoms with van der Waals surface area (Å²) in [6.07, 6.45) is 0. The fourth-order valence-electron chi connectivity index (χ4n) is 1.20. The van der Waals surface area contributed by atoms with Crippen molar-refractivity contribution < 1.29 is 9.90 Å². The topological polar surface area (TPSA) is 37.3 Å². The SMILES string of the molecule is O=C(O)c1sc2cc(I)ccc2c1S. The first-order chi connectivity index (χ1) is 6.59. The molecule has 1 heterocycles. The van der Waals surface area contributed by atoms with Gasteiger partial charge in [0.25, 0.3) is 0 Å². The maximum atomic E-state index is 10.8. The number of hydrogen-bond donors (Lipinski definition) is 2. The lowest BCUT2D eigenvalue weighted by Crippen LogP contribution is -1.91. The van der Waals surface area contributed by atoms with Crippen molar-refractivity contribution in [2.75, 3.05) is 0 Å². The highest BCUT2D eigenvalue weighted by atomic mass is 127. The van der Waals surface area contributed by atoms with Gasteiger partial charge >= 0.3 is 5.97 Å². The molecule has 1 aromatic heterocycles. The number of halogens is 1. The lowest BCUT2D eigenvalue weighted by molar-refractivity contribution is 0.0699. The first-order valence-corrected chi connectivity index (χ1v) is 6.08. The van der Waals surface area contributed by atoms with E-state index in [1.165, 1.54) is 11.3 Å².